The van der Waals surface area contributed by atoms with E-state index in [0.717, 1.165) is 0 Å². The van der Waals surface area contributed by atoms with Gasteiger partial charge in [-0.05, 0) is 11.1 Å². The Kier molecular flexibility index (Phi) is 5.25. The molecule has 0 unspecified atom stereocenters. The van der Waals surface area contributed by atoms with Crippen molar-refractivity contribution in [1.29, 1.82) is 0 Å². The van der Waals surface area contributed by atoms with Gasteiger partial charge in [0.1, 0.15) is 0 Å². The highest BCUT2D eigenvalue weighted by atomic mass is 28.2. The van der Waals surface area contributed by atoms with Crippen molar-refractivity contribution in [3.05, 3.63) is 71.8 Å². The van der Waals surface area contributed by atoms with E-state index in [1.54, 1.807) is 0 Å². The summed E-state index contributed by atoms with van der Waals surface area (Å²) in [5.74, 6) is 0. The molecule has 0 aromatic heterocycles. The fourth-order valence-corrected chi connectivity index (χ4v) is 4.69. The Hall–Kier alpha value is -1.38. The van der Waals surface area contributed by atoms with E-state index in [9.17, 15) is 0 Å². The summed E-state index contributed by atoms with van der Waals surface area (Å²) >= 11 is 0. The molecule has 2 heteroatoms. The largest absolute Gasteiger partial charge is 0.420 e. The molecule has 0 N–H and O–H groups in total. The van der Waals surface area contributed by atoms with Gasteiger partial charge >= 0.3 is 0 Å². The highest BCUT2D eigenvalue weighted by Gasteiger charge is 2.42. The summed E-state index contributed by atoms with van der Waals surface area (Å²) in [6.45, 7) is 11.4. The van der Waals surface area contributed by atoms with Gasteiger partial charge in [-0.15, -0.1) is 0 Å². The van der Waals surface area contributed by atoms with Gasteiger partial charge in [0.25, 0.3) is 0 Å². The molecule has 1 nitrogen and oxygen atoms in total. The summed E-state index contributed by atoms with van der Waals surface area (Å²) < 4.78 is 6.42. The van der Waals surface area contributed by atoms with Crippen molar-refractivity contribution in [3.63, 3.8) is 0 Å². The molecular weight excluding hydrogens is 284 g/mol. The number of hydrogen-bond donors (Lipinski definition) is 0. The van der Waals surface area contributed by atoms with Crippen molar-refractivity contribution >= 4 is 9.76 Å². The van der Waals surface area contributed by atoms with Crippen LogP contribution in [0.15, 0.2) is 60.7 Å². The zero-order valence-electron chi connectivity index (χ0n) is 14.5. The lowest BCUT2D eigenvalue weighted by Gasteiger charge is -2.45. The summed E-state index contributed by atoms with van der Waals surface area (Å²) in [4.78, 5) is 0. The monoisotopic (exact) mass is 312 g/mol. The van der Waals surface area contributed by atoms with E-state index in [4.69, 9.17) is 4.43 Å². The molecule has 0 fully saturated rings. The summed E-state index contributed by atoms with van der Waals surface area (Å²) in [5.41, 5.74) is 2.60. The van der Waals surface area contributed by atoms with Crippen LogP contribution in [0.1, 0.15) is 38.8 Å². The van der Waals surface area contributed by atoms with E-state index >= 15 is 0 Å². The minimum absolute atomic E-state index is 0.0381. The number of rotatable bonds is 6. The van der Waals surface area contributed by atoms with Gasteiger partial charge in [-0.2, -0.15) is 0 Å². The third kappa shape index (κ3) is 3.34. The Bertz CT molecular complexity index is 524. The minimum Gasteiger partial charge on any atom is -0.420 e. The van der Waals surface area contributed by atoms with Gasteiger partial charge in [-0.1, -0.05) is 94.9 Å². The van der Waals surface area contributed by atoms with Crippen molar-refractivity contribution in [1.82, 2.24) is 0 Å². The van der Waals surface area contributed by atoms with Gasteiger partial charge in [0.2, 0.25) is 0 Å². The highest BCUT2D eigenvalue weighted by molar-refractivity contribution is 6.24. The third-order valence-corrected chi connectivity index (χ3v) is 5.35. The van der Waals surface area contributed by atoms with Crippen LogP contribution in [0.4, 0.5) is 0 Å². The van der Waals surface area contributed by atoms with Gasteiger partial charge in [-0.3, -0.25) is 0 Å². The Morgan fingerprint density at radius 1 is 0.727 bits per heavy atom. The molecule has 2 aromatic carbocycles. The van der Waals surface area contributed by atoms with E-state index in [1.165, 1.54) is 11.1 Å². The zero-order valence-corrected chi connectivity index (χ0v) is 15.9. The molecule has 0 spiro atoms. The Morgan fingerprint density at radius 2 is 1.09 bits per heavy atom. The molecule has 0 aliphatic rings. The van der Waals surface area contributed by atoms with Crippen molar-refractivity contribution in [3.8, 4) is 0 Å². The Labute approximate surface area is 137 Å². The molecule has 2 rings (SSSR count). The second-order valence-electron chi connectivity index (χ2n) is 7.01. The van der Waals surface area contributed by atoms with E-state index in [1.807, 2.05) is 0 Å². The summed E-state index contributed by atoms with van der Waals surface area (Å²) in [5, 5.41) is 0. The molecule has 22 heavy (non-hydrogen) atoms. The standard InChI is InChI=1S/C20H28OSi/c1-19(2,16-12-8-6-9-13-16)18(21-22-5)20(3,4)17-14-10-7-11-15-17/h6-15,18H,22H2,1-5H3. The number of hydrogen-bond acceptors (Lipinski definition) is 1. The zero-order chi connectivity index (χ0) is 16.2. The van der Waals surface area contributed by atoms with Crippen LogP contribution in [0.2, 0.25) is 6.55 Å². The van der Waals surface area contributed by atoms with Crippen LogP contribution in [-0.2, 0) is 15.3 Å². The predicted octanol–water partition coefficient (Wildman–Crippen LogP) is 4.46. The van der Waals surface area contributed by atoms with E-state index in [-0.39, 0.29) is 16.9 Å². The molecule has 0 saturated carbocycles. The fraction of sp³-hybridized carbons (Fsp3) is 0.400. The average Bonchev–Trinajstić information content (AvgIpc) is 2.54. The fourth-order valence-electron chi connectivity index (χ4n) is 3.52. The molecule has 0 saturated heterocycles. The topological polar surface area (TPSA) is 9.23 Å². The third-order valence-electron chi connectivity index (χ3n) is 4.68. The summed E-state index contributed by atoms with van der Waals surface area (Å²) in [6.07, 6.45) is 0.154. The van der Waals surface area contributed by atoms with Gasteiger partial charge < -0.3 is 4.43 Å². The Balaban J connectivity index is 2.45. The normalized spacial score (nSPS) is 13.2. The maximum Gasteiger partial charge on any atom is 0.159 e. The molecule has 0 aliphatic heterocycles. The maximum atomic E-state index is 6.42. The molecular formula is C20H28OSi. The number of benzene rings is 2. The van der Waals surface area contributed by atoms with E-state index in [0.29, 0.717) is 0 Å². The van der Waals surface area contributed by atoms with E-state index in [2.05, 4.69) is 94.9 Å². The first kappa shape index (κ1) is 17.0. The lowest BCUT2D eigenvalue weighted by Crippen LogP contribution is -2.49. The van der Waals surface area contributed by atoms with Crippen LogP contribution in [0.5, 0.6) is 0 Å². The van der Waals surface area contributed by atoms with Crippen molar-refractivity contribution in [2.24, 2.45) is 0 Å². The van der Waals surface area contributed by atoms with Crippen LogP contribution in [0, 0.1) is 0 Å². The molecule has 0 heterocycles. The highest BCUT2D eigenvalue weighted by Crippen LogP contribution is 2.41. The average molecular weight is 313 g/mol. The second kappa shape index (κ2) is 6.80. The quantitative estimate of drug-likeness (QED) is 0.716. The van der Waals surface area contributed by atoms with Crippen LogP contribution in [0.3, 0.4) is 0 Å². The van der Waals surface area contributed by atoms with E-state index < -0.39 is 9.76 Å². The first-order chi connectivity index (χ1) is 10.4. The van der Waals surface area contributed by atoms with Crippen molar-refractivity contribution < 1.29 is 4.43 Å². The molecule has 2 aromatic rings. The molecule has 118 valence electrons. The van der Waals surface area contributed by atoms with Crippen molar-refractivity contribution in [2.45, 2.75) is 51.2 Å². The van der Waals surface area contributed by atoms with Gasteiger partial charge in [0.15, 0.2) is 9.76 Å². The molecule has 0 aliphatic carbocycles. The molecule has 0 radical (unpaired) electrons. The van der Waals surface area contributed by atoms with Gasteiger partial charge in [0, 0.05) is 10.8 Å². The summed E-state index contributed by atoms with van der Waals surface area (Å²) in [7, 11) is -0.503. The first-order valence-corrected chi connectivity index (χ1v) is 10.1. The minimum atomic E-state index is -0.503. The van der Waals surface area contributed by atoms with Gasteiger partial charge in [-0.25, -0.2) is 0 Å². The molecule has 0 atom stereocenters. The second-order valence-corrected chi connectivity index (χ2v) is 7.92. The molecule has 0 bridgehead atoms. The lowest BCUT2D eigenvalue weighted by atomic mass is 9.66. The first-order valence-electron chi connectivity index (χ1n) is 8.13. The van der Waals surface area contributed by atoms with Crippen LogP contribution in [0.25, 0.3) is 0 Å². The smallest absolute Gasteiger partial charge is 0.159 e. The van der Waals surface area contributed by atoms with Crippen molar-refractivity contribution in [2.75, 3.05) is 0 Å². The van der Waals surface area contributed by atoms with Crippen LogP contribution >= 0.6 is 0 Å². The Morgan fingerprint density at radius 3 is 1.41 bits per heavy atom. The lowest BCUT2D eigenvalue weighted by molar-refractivity contribution is 0.0639. The van der Waals surface area contributed by atoms with Gasteiger partial charge in [0.05, 0.1) is 6.10 Å². The summed E-state index contributed by atoms with van der Waals surface area (Å²) in [6, 6.07) is 21.5. The predicted molar refractivity (Wildman–Crippen MR) is 98.2 cm³/mol. The maximum absolute atomic E-state index is 6.42. The van der Waals surface area contributed by atoms with Crippen LogP contribution in [-0.4, -0.2) is 15.9 Å². The van der Waals surface area contributed by atoms with Crippen LogP contribution < -0.4 is 0 Å². The SMILES string of the molecule is C[SiH2]OC(C(C)(C)c1ccccc1)C(C)(C)c1ccccc1. The molecule has 0 amide bonds.